The molecule has 1 aliphatic rings. The Morgan fingerprint density at radius 3 is 2.62 bits per heavy atom. The van der Waals surface area contributed by atoms with Crippen molar-refractivity contribution in [2.45, 2.75) is 6.92 Å². The predicted octanol–water partition coefficient (Wildman–Crippen LogP) is 2.47. The fourth-order valence-electron chi connectivity index (χ4n) is 2.53. The minimum absolute atomic E-state index is 0.759. The van der Waals surface area contributed by atoms with Crippen molar-refractivity contribution in [1.29, 1.82) is 0 Å². The maximum Gasteiger partial charge on any atom is 0.138 e. The predicted molar refractivity (Wildman–Crippen MR) is 84.2 cm³/mol. The van der Waals surface area contributed by atoms with Gasteiger partial charge in [0.25, 0.3) is 0 Å². The van der Waals surface area contributed by atoms with Crippen molar-refractivity contribution >= 4 is 17.3 Å². The molecule has 0 N–H and O–H groups in total. The molecule has 0 atom stereocenters. The molecule has 0 aliphatic carbocycles. The van der Waals surface area contributed by atoms with Crippen molar-refractivity contribution < 1.29 is 4.74 Å². The number of para-hydroxylation sites is 1. The minimum atomic E-state index is 0.759. The van der Waals surface area contributed by atoms with E-state index < -0.39 is 0 Å². The van der Waals surface area contributed by atoms with Gasteiger partial charge in [-0.05, 0) is 19.1 Å². The van der Waals surface area contributed by atoms with E-state index in [0.717, 1.165) is 50.2 Å². The van der Waals surface area contributed by atoms with E-state index in [0.29, 0.717) is 0 Å². The second-order valence-corrected chi connectivity index (χ2v) is 4.91. The molecule has 1 fully saturated rings. The second-order valence-electron chi connectivity index (χ2n) is 4.91. The highest BCUT2D eigenvalue weighted by molar-refractivity contribution is 5.62. The van der Waals surface area contributed by atoms with Crippen LogP contribution in [0.2, 0.25) is 0 Å². The van der Waals surface area contributed by atoms with E-state index >= 15 is 0 Å². The molecule has 2 heterocycles. The van der Waals surface area contributed by atoms with Crippen LogP contribution >= 0.6 is 0 Å². The van der Waals surface area contributed by atoms with Crippen molar-refractivity contribution in [1.82, 2.24) is 9.97 Å². The van der Waals surface area contributed by atoms with Crippen molar-refractivity contribution in [2.24, 2.45) is 0 Å². The van der Waals surface area contributed by atoms with Gasteiger partial charge in [-0.25, -0.2) is 9.97 Å². The maximum atomic E-state index is 5.39. The molecule has 5 heteroatoms. The van der Waals surface area contributed by atoms with E-state index in [2.05, 4.69) is 44.9 Å². The molecule has 21 heavy (non-hydrogen) atoms. The summed E-state index contributed by atoms with van der Waals surface area (Å²) < 4.78 is 5.39. The van der Waals surface area contributed by atoms with Gasteiger partial charge in [0.1, 0.15) is 18.0 Å². The number of nitrogens with zero attached hydrogens (tertiary/aromatic N) is 4. The third-order valence-corrected chi connectivity index (χ3v) is 3.63. The molecule has 0 unspecified atom stereocenters. The number of benzene rings is 1. The summed E-state index contributed by atoms with van der Waals surface area (Å²) in [6, 6.07) is 12.4. The highest BCUT2D eigenvalue weighted by atomic mass is 16.5. The molecule has 0 amide bonds. The van der Waals surface area contributed by atoms with Gasteiger partial charge in [-0.1, -0.05) is 18.2 Å². The fraction of sp³-hybridized carbons (Fsp3) is 0.375. The zero-order chi connectivity index (χ0) is 14.5. The van der Waals surface area contributed by atoms with Gasteiger partial charge in [0.15, 0.2) is 0 Å². The molecule has 1 saturated heterocycles. The lowest BCUT2D eigenvalue weighted by atomic mass is 10.3. The molecule has 1 aliphatic heterocycles. The molecule has 5 nitrogen and oxygen atoms in total. The Kier molecular flexibility index (Phi) is 4.31. The molecule has 1 aromatic heterocycles. The first kappa shape index (κ1) is 13.8. The SMILES string of the molecule is CCN(c1ccccc1)c1cc(N2CCOCC2)ncn1. The Labute approximate surface area is 125 Å². The van der Waals surface area contributed by atoms with Crippen LogP contribution in [0.15, 0.2) is 42.7 Å². The van der Waals surface area contributed by atoms with E-state index in [4.69, 9.17) is 4.74 Å². The summed E-state index contributed by atoms with van der Waals surface area (Å²) in [5.74, 6) is 1.90. The van der Waals surface area contributed by atoms with Gasteiger partial charge in [-0.2, -0.15) is 0 Å². The van der Waals surface area contributed by atoms with Crippen molar-refractivity contribution in [3.63, 3.8) is 0 Å². The van der Waals surface area contributed by atoms with Crippen LogP contribution in [0.25, 0.3) is 0 Å². The average Bonchev–Trinajstić information content (AvgIpc) is 2.58. The lowest BCUT2D eigenvalue weighted by Gasteiger charge is -2.29. The topological polar surface area (TPSA) is 41.5 Å². The summed E-state index contributed by atoms with van der Waals surface area (Å²) in [5, 5.41) is 0. The summed E-state index contributed by atoms with van der Waals surface area (Å²) in [4.78, 5) is 13.3. The number of anilines is 3. The molecule has 0 spiro atoms. The number of aromatic nitrogens is 2. The molecule has 0 radical (unpaired) electrons. The lowest BCUT2D eigenvalue weighted by Crippen LogP contribution is -2.36. The summed E-state index contributed by atoms with van der Waals surface area (Å²) in [6.45, 7) is 6.28. The highest BCUT2D eigenvalue weighted by Crippen LogP contribution is 2.25. The van der Waals surface area contributed by atoms with Crippen LogP contribution in [-0.4, -0.2) is 42.8 Å². The number of morpholine rings is 1. The van der Waals surface area contributed by atoms with Gasteiger partial charge >= 0.3 is 0 Å². The highest BCUT2D eigenvalue weighted by Gasteiger charge is 2.15. The Morgan fingerprint density at radius 2 is 1.90 bits per heavy atom. The van der Waals surface area contributed by atoms with Crippen LogP contribution in [0.5, 0.6) is 0 Å². The molecule has 3 rings (SSSR count). The van der Waals surface area contributed by atoms with E-state index in [1.165, 1.54) is 0 Å². The monoisotopic (exact) mass is 284 g/mol. The van der Waals surface area contributed by atoms with Crippen LogP contribution in [0.3, 0.4) is 0 Å². The van der Waals surface area contributed by atoms with Crippen LogP contribution in [0, 0.1) is 0 Å². The number of rotatable bonds is 4. The van der Waals surface area contributed by atoms with E-state index in [1.54, 1.807) is 6.33 Å². The Hall–Kier alpha value is -2.14. The van der Waals surface area contributed by atoms with E-state index in [-0.39, 0.29) is 0 Å². The summed E-state index contributed by atoms with van der Waals surface area (Å²) in [5.41, 5.74) is 1.15. The molecular weight excluding hydrogens is 264 g/mol. The first-order chi connectivity index (χ1) is 10.4. The first-order valence-electron chi connectivity index (χ1n) is 7.36. The molecule has 2 aromatic rings. The Balaban J connectivity index is 1.87. The smallest absolute Gasteiger partial charge is 0.138 e. The minimum Gasteiger partial charge on any atom is -0.378 e. The Bertz CT molecular complexity index is 569. The second kappa shape index (κ2) is 6.54. The number of ether oxygens (including phenoxy) is 1. The largest absolute Gasteiger partial charge is 0.378 e. The molecule has 0 saturated carbocycles. The van der Waals surface area contributed by atoms with Crippen molar-refractivity contribution in [3.8, 4) is 0 Å². The quantitative estimate of drug-likeness (QED) is 0.862. The van der Waals surface area contributed by atoms with E-state index in [1.807, 2.05) is 18.2 Å². The van der Waals surface area contributed by atoms with E-state index in [9.17, 15) is 0 Å². The fourth-order valence-corrected chi connectivity index (χ4v) is 2.53. The van der Waals surface area contributed by atoms with Crippen molar-refractivity contribution in [2.75, 3.05) is 42.6 Å². The summed E-state index contributed by atoms with van der Waals surface area (Å²) in [6.07, 6.45) is 1.64. The average molecular weight is 284 g/mol. The summed E-state index contributed by atoms with van der Waals surface area (Å²) in [7, 11) is 0. The standard InChI is InChI=1S/C16H20N4O/c1-2-20(14-6-4-3-5-7-14)16-12-15(17-13-18-16)19-8-10-21-11-9-19/h3-7,12-13H,2,8-11H2,1H3. The van der Waals surface area contributed by atoms with Crippen LogP contribution in [0.1, 0.15) is 6.92 Å². The molecular formula is C16H20N4O. The summed E-state index contributed by atoms with van der Waals surface area (Å²) >= 11 is 0. The molecule has 110 valence electrons. The normalized spacial score (nSPS) is 15.0. The van der Waals surface area contributed by atoms with Gasteiger partial charge < -0.3 is 14.5 Å². The third kappa shape index (κ3) is 3.13. The zero-order valence-corrected chi connectivity index (χ0v) is 12.3. The number of hydrogen-bond acceptors (Lipinski definition) is 5. The Morgan fingerprint density at radius 1 is 1.14 bits per heavy atom. The molecule has 0 bridgehead atoms. The van der Waals surface area contributed by atoms with Gasteiger partial charge in [0.2, 0.25) is 0 Å². The zero-order valence-electron chi connectivity index (χ0n) is 12.3. The lowest BCUT2D eigenvalue weighted by molar-refractivity contribution is 0.122. The van der Waals surface area contributed by atoms with Crippen LogP contribution in [-0.2, 0) is 4.74 Å². The van der Waals surface area contributed by atoms with Gasteiger partial charge in [-0.3, -0.25) is 0 Å². The van der Waals surface area contributed by atoms with Crippen molar-refractivity contribution in [3.05, 3.63) is 42.7 Å². The third-order valence-electron chi connectivity index (χ3n) is 3.63. The van der Waals surface area contributed by atoms with Gasteiger partial charge in [0.05, 0.1) is 13.2 Å². The maximum absolute atomic E-state index is 5.39. The number of hydrogen-bond donors (Lipinski definition) is 0. The van der Waals surface area contributed by atoms with Crippen LogP contribution in [0.4, 0.5) is 17.3 Å². The van der Waals surface area contributed by atoms with Crippen LogP contribution < -0.4 is 9.80 Å². The van der Waals surface area contributed by atoms with Gasteiger partial charge in [0, 0.05) is 31.4 Å². The molecule has 1 aromatic carbocycles. The first-order valence-corrected chi connectivity index (χ1v) is 7.36. The van der Waals surface area contributed by atoms with Gasteiger partial charge in [-0.15, -0.1) is 0 Å².